The van der Waals surface area contributed by atoms with Crippen molar-refractivity contribution in [3.8, 4) is 11.3 Å². The molecule has 3 nitrogen and oxygen atoms in total. The minimum Gasteiger partial charge on any atom is -0.361 e. The van der Waals surface area contributed by atoms with Gasteiger partial charge in [-0.25, -0.2) is 0 Å². The van der Waals surface area contributed by atoms with Gasteiger partial charge in [-0.2, -0.15) is 0 Å². The van der Waals surface area contributed by atoms with E-state index in [1.165, 1.54) is 25.9 Å². The number of hydrogen-bond acceptors (Lipinski definition) is 3. The van der Waals surface area contributed by atoms with Crippen LogP contribution < -0.4 is 0 Å². The van der Waals surface area contributed by atoms with E-state index in [0.29, 0.717) is 0 Å². The number of halogens is 1. The fraction of sp³-hybridized carbons (Fsp3) is 0.400. The average Bonchev–Trinajstić information content (AvgIpc) is 3.09. The second-order valence-electron chi connectivity index (χ2n) is 4.84. The number of benzene rings is 1. The van der Waals surface area contributed by atoms with Gasteiger partial charge in [0.25, 0.3) is 0 Å². The van der Waals surface area contributed by atoms with Crippen LogP contribution in [0.4, 0.5) is 0 Å². The van der Waals surface area contributed by atoms with Crippen molar-refractivity contribution in [2.24, 2.45) is 0 Å². The van der Waals surface area contributed by atoms with Crippen molar-refractivity contribution in [3.63, 3.8) is 0 Å². The molecule has 0 unspecified atom stereocenters. The van der Waals surface area contributed by atoms with Crippen molar-refractivity contribution >= 4 is 12.4 Å². The first kappa shape index (κ1) is 14.1. The zero-order valence-corrected chi connectivity index (χ0v) is 11.7. The van der Waals surface area contributed by atoms with E-state index in [4.69, 9.17) is 4.52 Å². The molecule has 1 aliphatic heterocycles. The topological polar surface area (TPSA) is 29.3 Å². The summed E-state index contributed by atoms with van der Waals surface area (Å²) in [4.78, 5) is 2.49. The van der Waals surface area contributed by atoms with E-state index >= 15 is 0 Å². The van der Waals surface area contributed by atoms with Crippen molar-refractivity contribution in [1.29, 1.82) is 0 Å². The Kier molecular flexibility index (Phi) is 5.00. The molecule has 0 aliphatic carbocycles. The summed E-state index contributed by atoms with van der Waals surface area (Å²) in [5.74, 6) is 0.987. The summed E-state index contributed by atoms with van der Waals surface area (Å²) in [7, 11) is 0. The molecule has 4 heteroatoms. The Bertz CT molecular complexity index is 492. The lowest BCUT2D eigenvalue weighted by Crippen LogP contribution is -2.21. The number of rotatable bonds is 4. The molecule has 1 fully saturated rings. The van der Waals surface area contributed by atoms with Gasteiger partial charge in [-0.1, -0.05) is 35.5 Å². The van der Waals surface area contributed by atoms with Crippen molar-refractivity contribution < 1.29 is 4.52 Å². The lowest BCUT2D eigenvalue weighted by Gasteiger charge is -2.12. The van der Waals surface area contributed by atoms with Crippen molar-refractivity contribution in [1.82, 2.24) is 10.1 Å². The predicted molar refractivity (Wildman–Crippen MR) is 78.6 cm³/mol. The second-order valence-corrected chi connectivity index (χ2v) is 4.84. The summed E-state index contributed by atoms with van der Waals surface area (Å²) >= 11 is 0. The number of likely N-dealkylation sites (tertiary alicyclic amines) is 1. The van der Waals surface area contributed by atoms with Gasteiger partial charge in [-0.05, 0) is 25.9 Å². The molecule has 1 aromatic carbocycles. The molecule has 0 saturated carbocycles. The molecule has 0 atom stereocenters. The molecule has 1 aliphatic rings. The average molecular weight is 279 g/mol. The Balaban J connectivity index is 0.00000133. The van der Waals surface area contributed by atoms with Crippen LogP contribution in [0.1, 0.15) is 18.6 Å². The third-order valence-corrected chi connectivity index (χ3v) is 3.50. The summed E-state index contributed by atoms with van der Waals surface area (Å²) in [6.45, 7) is 3.56. The molecule has 2 aromatic rings. The van der Waals surface area contributed by atoms with Crippen molar-refractivity contribution in [2.45, 2.75) is 19.3 Å². The largest absolute Gasteiger partial charge is 0.361 e. The van der Waals surface area contributed by atoms with E-state index in [1.807, 2.05) is 18.2 Å². The van der Waals surface area contributed by atoms with Gasteiger partial charge in [0.1, 0.15) is 11.5 Å². The van der Waals surface area contributed by atoms with Crippen LogP contribution in [0.15, 0.2) is 40.9 Å². The maximum atomic E-state index is 5.40. The summed E-state index contributed by atoms with van der Waals surface area (Å²) in [5.41, 5.74) is 2.06. The molecular weight excluding hydrogens is 260 g/mol. The van der Waals surface area contributed by atoms with E-state index in [0.717, 1.165) is 30.0 Å². The highest BCUT2D eigenvalue weighted by Crippen LogP contribution is 2.19. The van der Waals surface area contributed by atoms with E-state index < -0.39 is 0 Å². The molecule has 0 radical (unpaired) electrons. The van der Waals surface area contributed by atoms with Crippen LogP contribution in [-0.4, -0.2) is 29.7 Å². The lowest BCUT2D eigenvalue weighted by molar-refractivity contribution is 0.315. The van der Waals surface area contributed by atoms with Crippen LogP contribution >= 0.6 is 12.4 Å². The van der Waals surface area contributed by atoms with Gasteiger partial charge in [-0.15, -0.1) is 12.4 Å². The molecule has 0 N–H and O–H groups in total. The minimum atomic E-state index is 0. The van der Waals surface area contributed by atoms with Gasteiger partial charge in [0.05, 0.1) is 0 Å². The fourth-order valence-electron chi connectivity index (χ4n) is 2.45. The maximum Gasteiger partial charge on any atom is 0.138 e. The van der Waals surface area contributed by atoms with Crippen molar-refractivity contribution in [3.05, 3.63) is 42.2 Å². The molecule has 19 heavy (non-hydrogen) atoms. The standard InChI is InChI=1S/C15H18N2O.ClH/c1-2-6-13(7-3-1)15-12-14(18-16-15)8-11-17-9-4-5-10-17;/h1-3,6-7,12H,4-5,8-11H2;1H. The van der Waals surface area contributed by atoms with Crippen LogP contribution in [0.25, 0.3) is 11.3 Å². The zero-order valence-electron chi connectivity index (χ0n) is 10.9. The second kappa shape index (κ2) is 6.73. The Morgan fingerprint density at radius 3 is 2.58 bits per heavy atom. The first-order valence-electron chi connectivity index (χ1n) is 6.65. The first-order chi connectivity index (χ1) is 8.92. The SMILES string of the molecule is Cl.c1ccc(-c2cc(CCN3CCCC3)on2)cc1. The smallest absolute Gasteiger partial charge is 0.138 e. The highest BCUT2D eigenvalue weighted by Gasteiger charge is 2.12. The minimum absolute atomic E-state index is 0. The lowest BCUT2D eigenvalue weighted by atomic mass is 10.1. The molecule has 3 rings (SSSR count). The molecule has 0 amide bonds. The van der Waals surface area contributed by atoms with Crippen LogP contribution in [0.2, 0.25) is 0 Å². The summed E-state index contributed by atoms with van der Waals surface area (Å²) < 4.78 is 5.40. The Morgan fingerprint density at radius 1 is 1.11 bits per heavy atom. The highest BCUT2D eigenvalue weighted by atomic mass is 35.5. The molecule has 0 spiro atoms. The monoisotopic (exact) mass is 278 g/mol. The maximum absolute atomic E-state index is 5.40. The van der Waals surface area contributed by atoms with Gasteiger partial charge in [0.15, 0.2) is 0 Å². The molecular formula is C15H19ClN2O. The first-order valence-corrected chi connectivity index (χ1v) is 6.65. The molecule has 2 heterocycles. The quantitative estimate of drug-likeness (QED) is 0.858. The summed E-state index contributed by atoms with van der Waals surface area (Å²) in [5, 5.41) is 4.14. The molecule has 102 valence electrons. The van der Waals surface area contributed by atoms with E-state index in [1.54, 1.807) is 0 Å². The summed E-state index contributed by atoms with van der Waals surface area (Å²) in [6, 6.07) is 12.2. The van der Waals surface area contributed by atoms with Crippen LogP contribution in [0.3, 0.4) is 0 Å². The van der Waals surface area contributed by atoms with Gasteiger partial charge in [0, 0.05) is 24.6 Å². The van der Waals surface area contributed by atoms with Crippen molar-refractivity contribution in [2.75, 3.05) is 19.6 Å². The fourth-order valence-corrected chi connectivity index (χ4v) is 2.45. The van der Waals surface area contributed by atoms with E-state index in [9.17, 15) is 0 Å². The normalized spacial score (nSPS) is 15.4. The molecule has 1 aromatic heterocycles. The Morgan fingerprint density at radius 2 is 1.84 bits per heavy atom. The third kappa shape index (κ3) is 3.58. The van der Waals surface area contributed by atoms with Gasteiger partial charge in [-0.3, -0.25) is 0 Å². The Hall–Kier alpha value is -1.32. The molecule has 0 bridgehead atoms. The summed E-state index contributed by atoms with van der Waals surface area (Å²) in [6.07, 6.45) is 3.64. The van der Waals surface area contributed by atoms with Gasteiger partial charge >= 0.3 is 0 Å². The third-order valence-electron chi connectivity index (χ3n) is 3.50. The van der Waals surface area contributed by atoms with E-state index in [2.05, 4.69) is 28.3 Å². The predicted octanol–water partition coefficient (Wildman–Crippen LogP) is 3.40. The van der Waals surface area contributed by atoms with Gasteiger partial charge < -0.3 is 9.42 Å². The number of aromatic nitrogens is 1. The van der Waals surface area contributed by atoms with Crippen LogP contribution in [0, 0.1) is 0 Å². The number of hydrogen-bond donors (Lipinski definition) is 0. The van der Waals surface area contributed by atoms with Gasteiger partial charge in [0.2, 0.25) is 0 Å². The van der Waals surface area contributed by atoms with Crippen LogP contribution in [-0.2, 0) is 6.42 Å². The molecule has 1 saturated heterocycles. The van der Waals surface area contributed by atoms with E-state index in [-0.39, 0.29) is 12.4 Å². The highest BCUT2D eigenvalue weighted by molar-refractivity contribution is 5.85. The van der Waals surface area contributed by atoms with Crippen LogP contribution in [0.5, 0.6) is 0 Å². The zero-order chi connectivity index (χ0) is 12.2. The number of nitrogens with zero attached hydrogens (tertiary/aromatic N) is 2. The Labute approximate surface area is 120 Å².